The molecule has 3 aromatic carbocycles. The lowest BCUT2D eigenvalue weighted by Gasteiger charge is -2.15. The van der Waals surface area contributed by atoms with Crippen LogP contribution in [-0.4, -0.2) is 36.8 Å². The molecule has 4 aromatic rings. The minimum absolute atomic E-state index is 0.109. The van der Waals surface area contributed by atoms with Crippen LogP contribution in [0.1, 0.15) is 17.0 Å². The van der Waals surface area contributed by atoms with Crippen LogP contribution >= 0.6 is 0 Å². The predicted octanol–water partition coefficient (Wildman–Crippen LogP) is 4.27. The van der Waals surface area contributed by atoms with E-state index in [0.717, 1.165) is 27.9 Å². The number of methoxy groups -OCH3 is 3. The number of carbonyl (C=O) groups excluding carboxylic acids is 1. The smallest absolute Gasteiger partial charge is 0.240 e. The summed E-state index contributed by atoms with van der Waals surface area (Å²) in [5, 5.41) is 2.97. The van der Waals surface area contributed by atoms with Gasteiger partial charge in [0.15, 0.2) is 11.5 Å². The Kier molecular flexibility index (Phi) is 7.40. The van der Waals surface area contributed by atoms with Crippen LogP contribution < -0.4 is 24.3 Å². The van der Waals surface area contributed by atoms with Gasteiger partial charge in [0.25, 0.3) is 0 Å². The summed E-state index contributed by atoms with van der Waals surface area (Å²) in [6, 6.07) is 19.2. The number of rotatable bonds is 10. The van der Waals surface area contributed by atoms with Crippen molar-refractivity contribution in [2.75, 3.05) is 21.3 Å². The van der Waals surface area contributed by atoms with Gasteiger partial charge in [0.05, 0.1) is 32.4 Å². The first-order chi connectivity index (χ1) is 17.0. The number of benzene rings is 3. The fraction of sp³-hybridized carbons (Fsp3) is 0.259. The maximum Gasteiger partial charge on any atom is 0.240 e. The molecule has 0 atom stereocenters. The number of nitrogens with one attached hydrogen (secondary N) is 1. The van der Waals surface area contributed by atoms with Crippen LogP contribution in [0.25, 0.3) is 11.0 Å². The van der Waals surface area contributed by atoms with Crippen molar-refractivity contribution < 1.29 is 23.7 Å². The molecule has 0 unspecified atom stereocenters. The molecule has 35 heavy (non-hydrogen) atoms. The fourth-order valence-electron chi connectivity index (χ4n) is 3.83. The Morgan fingerprint density at radius 1 is 0.943 bits per heavy atom. The van der Waals surface area contributed by atoms with Crippen LogP contribution in [0.3, 0.4) is 0 Å². The summed E-state index contributed by atoms with van der Waals surface area (Å²) in [6.07, 6.45) is 0. The Morgan fingerprint density at radius 3 is 2.29 bits per heavy atom. The molecule has 0 spiro atoms. The zero-order valence-electron chi connectivity index (χ0n) is 20.3. The molecule has 8 heteroatoms. The van der Waals surface area contributed by atoms with Crippen molar-refractivity contribution >= 4 is 16.9 Å². The van der Waals surface area contributed by atoms with Crippen LogP contribution in [0, 0.1) is 6.92 Å². The van der Waals surface area contributed by atoms with E-state index in [1.54, 1.807) is 21.3 Å². The summed E-state index contributed by atoms with van der Waals surface area (Å²) in [7, 11) is 4.67. The molecule has 0 bridgehead atoms. The highest BCUT2D eigenvalue weighted by atomic mass is 16.5. The monoisotopic (exact) mass is 475 g/mol. The minimum atomic E-state index is -0.154. The number of hydrogen-bond donors (Lipinski definition) is 1. The van der Waals surface area contributed by atoms with Crippen LogP contribution in [0.15, 0.2) is 60.7 Å². The summed E-state index contributed by atoms with van der Waals surface area (Å²) in [5.41, 5.74) is 3.67. The number of hydrogen-bond acceptors (Lipinski definition) is 6. The molecule has 0 saturated carbocycles. The Balaban J connectivity index is 1.49. The summed E-state index contributed by atoms with van der Waals surface area (Å²) < 4.78 is 24.0. The number of aromatic nitrogens is 2. The Hall–Kier alpha value is -4.20. The third-order valence-electron chi connectivity index (χ3n) is 5.64. The molecule has 4 rings (SSSR count). The average Bonchev–Trinajstić information content (AvgIpc) is 3.23. The van der Waals surface area contributed by atoms with Gasteiger partial charge in [0.1, 0.15) is 24.7 Å². The van der Waals surface area contributed by atoms with Crippen LogP contribution in [0.5, 0.6) is 23.0 Å². The fourth-order valence-corrected chi connectivity index (χ4v) is 3.83. The second-order valence-corrected chi connectivity index (χ2v) is 8.01. The lowest BCUT2D eigenvalue weighted by molar-refractivity contribution is -0.121. The van der Waals surface area contributed by atoms with E-state index in [9.17, 15) is 4.79 Å². The summed E-state index contributed by atoms with van der Waals surface area (Å²) in [6.45, 7) is 2.69. The molecule has 8 nitrogen and oxygen atoms in total. The normalized spacial score (nSPS) is 10.7. The van der Waals surface area contributed by atoms with Gasteiger partial charge in [-0.2, -0.15) is 0 Å². The second-order valence-electron chi connectivity index (χ2n) is 8.01. The van der Waals surface area contributed by atoms with E-state index >= 15 is 0 Å². The van der Waals surface area contributed by atoms with Gasteiger partial charge in [-0.05, 0) is 48.9 Å². The van der Waals surface area contributed by atoms with Gasteiger partial charge in [-0.3, -0.25) is 4.79 Å². The van der Waals surface area contributed by atoms with Gasteiger partial charge in [0, 0.05) is 6.54 Å². The minimum Gasteiger partial charge on any atom is -0.493 e. The highest BCUT2D eigenvalue weighted by molar-refractivity contribution is 5.81. The average molecular weight is 476 g/mol. The standard InChI is InChI=1S/C27H29N3O5/c1-18-9-11-20(12-10-18)35-17-25-29-21-7-5-6-8-22(21)30(25)16-26(31)28-15-19-13-23(32-2)27(34-4)24(14-19)33-3/h5-14H,15-17H2,1-4H3,(H,28,31). The van der Waals surface area contributed by atoms with E-state index in [4.69, 9.17) is 23.9 Å². The van der Waals surface area contributed by atoms with E-state index < -0.39 is 0 Å². The number of nitrogens with zero attached hydrogens (tertiary/aromatic N) is 2. The molecule has 0 aliphatic carbocycles. The number of imidazole rings is 1. The highest BCUT2D eigenvalue weighted by Crippen LogP contribution is 2.38. The molecule has 1 heterocycles. The first-order valence-electron chi connectivity index (χ1n) is 11.2. The number of carbonyl (C=O) groups is 1. The van der Waals surface area contributed by atoms with Crippen LogP contribution in [0.2, 0.25) is 0 Å². The lowest BCUT2D eigenvalue weighted by atomic mass is 10.1. The lowest BCUT2D eigenvalue weighted by Crippen LogP contribution is -2.28. The zero-order valence-corrected chi connectivity index (χ0v) is 20.3. The summed E-state index contributed by atoms with van der Waals surface area (Å²) in [4.78, 5) is 17.6. The number of aryl methyl sites for hydroxylation is 1. The third-order valence-corrected chi connectivity index (χ3v) is 5.64. The maximum atomic E-state index is 12.9. The Morgan fingerprint density at radius 2 is 1.63 bits per heavy atom. The molecule has 0 aliphatic heterocycles. The largest absolute Gasteiger partial charge is 0.493 e. The molecular weight excluding hydrogens is 446 g/mol. The maximum absolute atomic E-state index is 12.9. The van der Waals surface area contributed by atoms with E-state index in [1.165, 1.54) is 0 Å². The van der Waals surface area contributed by atoms with E-state index in [2.05, 4.69) is 5.32 Å². The molecule has 0 radical (unpaired) electrons. The predicted molar refractivity (Wildman–Crippen MR) is 133 cm³/mol. The van der Waals surface area contributed by atoms with Crippen LogP contribution in [-0.2, 0) is 24.5 Å². The van der Waals surface area contributed by atoms with E-state index in [-0.39, 0.29) is 19.1 Å². The second kappa shape index (κ2) is 10.8. The zero-order chi connectivity index (χ0) is 24.8. The third kappa shape index (κ3) is 5.48. The van der Waals surface area contributed by atoms with Crippen molar-refractivity contribution in [2.45, 2.75) is 26.6 Å². The Bertz CT molecular complexity index is 1290. The first kappa shape index (κ1) is 23.9. The molecular formula is C27H29N3O5. The quantitative estimate of drug-likeness (QED) is 0.369. The van der Waals surface area contributed by atoms with Gasteiger partial charge < -0.3 is 28.8 Å². The number of ether oxygens (including phenoxy) is 4. The van der Waals surface area contributed by atoms with E-state index in [1.807, 2.05) is 72.2 Å². The number of para-hydroxylation sites is 2. The topological polar surface area (TPSA) is 83.8 Å². The van der Waals surface area contributed by atoms with Gasteiger partial charge in [-0.25, -0.2) is 4.98 Å². The number of amides is 1. The number of fused-ring (bicyclic) bond motifs is 1. The van der Waals surface area contributed by atoms with Crippen molar-refractivity contribution in [2.24, 2.45) is 0 Å². The summed E-state index contributed by atoms with van der Waals surface area (Å²) >= 11 is 0. The molecule has 182 valence electrons. The highest BCUT2D eigenvalue weighted by Gasteiger charge is 2.16. The van der Waals surface area contributed by atoms with Gasteiger partial charge in [0.2, 0.25) is 11.7 Å². The molecule has 0 fully saturated rings. The summed E-state index contributed by atoms with van der Waals surface area (Å²) in [5.74, 6) is 2.85. The molecule has 0 aliphatic rings. The van der Waals surface area contributed by atoms with Gasteiger partial charge in [-0.1, -0.05) is 29.8 Å². The molecule has 1 N–H and O–H groups in total. The van der Waals surface area contributed by atoms with Crippen molar-refractivity contribution in [3.63, 3.8) is 0 Å². The molecule has 1 aromatic heterocycles. The SMILES string of the molecule is COc1cc(CNC(=O)Cn2c(COc3ccc(C)cc3)nc3ccccc32)cc(OC)c1OC. The van der Waals surface area contributed by atoms with Crippen molar-refractivity contribution in [1.82, 2.24) is 14.9 Å². The Labute approximate surface area is 204 Å². The molecule has 1 amide bonds. The first-order valence-corrected chi connectivity index (χ1v) is 11.2. The van der Waals surface area contributed by atoms with Gasteiger partial charge >= 0.3 is 0 Å². The van der Waals surface area contributed by atoms with E-state index in [0.29, 0.717) is 29.6 Å². The van der Waals surface area contributed by atoms with Gasteiger partial charge in [-0.15, -0.1) is 0 Å². The van der Waals surface area contributed by atoms with Crippen molar-refractivity contribution in [3.05, 3.63) is 77.6 Å². The van der Waals surface area contributed by atoms with Crippen molar-refractivity contribution in [1.29, 1.82) is 0 Å². The molecule has 0 saturated heterocycles. The van der Waals surface area contributed by atoms with Crippen LogP contribution in [0.4, 0.5) is 0 Å². The van der Waals surface area contributed by atoms with Crippen molar-refractivity contribution in [3.8, 4) is 23.0 Å².